The summed E-state index contributed by atoms with van der Waals surface area (Å²) in [5.74, 6) is 0. The second kappa shape index (κ2) is 16.5. The van der Waals surface area contributed by atoms with Crippen LogP contribution in [0.1, 0.15) is 0 Å². The molecule has 4 aromatic rings. The molecular formula is C20H10Ca3O18S6. The molecule has 0 fully saturated rings. The minimum atomic E-state index is -5.73. The Bertz CT molecular complexity index is 2360. The molecule has 0 spiro atoms. The maximum atomic E-state index is 11.3. The zero-order chi connectivity index (χ0) is 33.8. The zero-order valence-corrected chi connectivity index (χ0v) is 34.2. The van der Waals surface area contributed by atoms with Crippen molar-refractivity contribution in [1.82, 2.24) is 0 Å². The molecule has 0 aliphatic heterocycles. The first-order chi connectivity index (χ1) is 19.7. The molecule has 18 nitrogen and oxygen atoms in total. The van der Waals surface area contributed by atoms with Gasteiger partial charge in [-0.05, 0) is 22.9 Å². The predicted molar refractivity (Wildman–Crippen MR) is 153 cm³/mol. The Hall–Kier alpha value is 0.639. The summed E-state index contributed by atoms with van der Waals surface area (Å²) in [6, 6.07) is 10.5. The van der Waals surface area contributed by atoms with E-state index in [4.69, 9.17) is 0 Å². The number of fused-ring (bicyclic) bond motifs is 2. The van der Waals surface area contributed by atoms with E-state index >= 15 is 0 Å². The molecule has 0 amide bonds. The van der Waals surface area contributed by atoms with Gasteiger partial charge in [0.1, 0.15) is 60.7 Å². The Balaban J connectivity index is 0.000000846. The van der Waals surface area contributed by atoms with Crippen molar-refractivity contribution in [3.63, 3.8) is 0 Å². The van der Waals surface area contributed by atoms with Crippen molar-refractivity contribution in [2.45, 2.75) is 29.4 Å². The Morgan fingerprint density at radius 3 is 0.787 bits per heavy atom. The quantitative estimate of drug-likeness (QED) is 0.149. The van der Waals surface area contributed by atoms with Gasteiger partial charge in [0.25, 0.3) is 0 Å². The van der Waals surface area contributed by atoms with E-state index in [9.17, 15) is 77.8 Å². The van der Waals surface area contributed by atoms with Crippen molar-refractivity contribution in [3.8, 4) is 0 Å². The summed E-state index contributed by atoms with van der Waals surface area (Å²) in [5, 5.41) is -1.34. The minimum Gasteiger partial charge on any atom is -0.744 e. The van der Waals surface area contributed by atoms with Crippen molar-refractivity contribution in [3.05, 3.63) is 60.7 Å². The Labute approximate surface area is 357 Å². The van der Waals surface area contributed by atoms with Crippen LogP contribution in [-0.4, -0.2) is 191 Å². The summed E-state index contributed by atoms with van der Waals surface area (Å²) in [6.45, 7) is 0. The predicted octanol–water partition coefficient (Wildman–Crippen LogP) is -2.04. The number of rotatable bonds is 6. The van der Waals surface area contributed by atoms with Gasteiger partial charge in [-0.25, -0.2) is 50.5 Å². The van der Waals surface area contributed by atoms with Gasteiger partial charge in [-0.2, -0.15) is 0 Å². The fraction of sp³-hybridized carbons (Fsp3) is 0. The molecule has 0 saturated heterocycles. The summed E-state index contributed by atoms with van der Waals surface area (Å²) in [4.78, 5) is -9.94. The summed E-state index contributed by atoms with van der Waals surface area (Å²) in [6.07, 6.45) is 0. The molecule has 0 aliphatic rings. The molecule has 0 aliphatic carbocycles. The van der Waals surface area contributed by atoms with Crippen molar-refractivity contribution in [2.75, 3.05) is 0 Å². The molecule has 47 heavy (non-hydrogen) atoms. The van der Waals surface area contributed by atoms with Crippen LogP contribution in [0.4, 0.5) is 0 Å². The first-order valence-corrected chi connectivity index (χ1v) is 19.0. The van der Waals surface area contributed by atoms with Crippen molar-refractivity contribution in [1.29, 1.82) is 0 Å². The Morgan fingerprint density at radius 1 is 0.340 bits per heavy atom. The van der Waals surface area contributed by atoms with E-state index in [1.165, 1.54) is 24.3 Å². The molecule has 4 aromatic carbocycles. The maximum absolute atomic E-state index is 11.3. The van der Waals surface area contributed by atoms with Crippen LogP contribution in [0, 0.1) is 0 Å². The van der Waals surface area contributed by atoms with E-state index in [-0.39, 0.29) is 124 Å². The molecule has 0 aromatic heterocycles. The molecule has 0 bridgehead atoms. The molecule has 0 radical (unpaired) electrons. The van der Waals surface area contributed by atoms with Crippen LogP contribution in [0.15, 0.2) is 90.0 Å². The van der Waals surface area contributed by atoms with Crippen LogP contribution < -0.4 is 0 Å². The molecule has 0 atom stereocenters. The molecule has 0 N–H and O–H groups in total. The van der Waals surface area contributed by atoms with Crippen LogP contribution in [0.3, 0.4) is 0 Å². The van der Waals surface area contributed by atoms with Gasteiger partial charge >= 0.3 is 113 Å². The van der Waals surface area contributed by atoms with Crippen molar-refractivity contribution < 1.29 is 77.8 Å². The van der Waals surface area contributed by atoms with Gasteiger partial charge in [-0.3, -0.25) is 0 Å². The van der Waals surface area contributed by atoms with Crippen LogP contribution >= 0.6 is 0 Å². The zero-order valence-electron chi connectivity index (χ0n) is 22.7. The molecule has 0 heterocycles. The maximum Gasteiger partial charge on any atom is 2.00 e. The molecule has 0 unspecified atom stereocenters. The average molecular weight is 851 g/mol. The van der Waals surface area contributed by atoms with E-state index in [1.807, 2.05) is 0 Å². The third-order valence-electron chi connectivity index (χ3n) is 5.38. The van der Waals surface area contributed by atoms with Crippen LogP contribution in [-0.2, 0) is 60.7 Å². The summed E-state index contributed by atoms with van der Waals surface area (Å²) in [5.41, 5.74) is 0. The number of benzene rings is 4. The average Bonchev–Trinajstić information content (AvgIpc) is 2.83. The third kappa shape index (κ3) is 11.3. The molecule has 0 saturated carbocycles. The molecule has 4 rings (SSSR count). The van der Waals surface area contributed by atoms with E-state index in [0.29, 0.717) is 12.1 Å². The topological polar surface area (TPSA) is 343 Å². The summed E-state index contributed by atoms with van der Waals surface area (Å²) < 4.78 is 203. The van der Waals surface area contributed by atoms with Crippen LogP contribution in [0.2, 0.25) is 0 Å². The second-order valence-electron chi connectivity index (χ2n) is 8.23. The van der Waals surface area contributed by atoms with Crippen molar-refractivity contribution >= 4 is 195 Å². The van der Waals surface area contributed by atoms with Crippen molar-refractivity contribution in [2.24, 2.45) is 0 Å². The van der Waals surface area contributed by atoms with Gasteiger partial charge < -0.3 is 27.3 Å². The van der Waals surface area contributed by atoms with Gasteiger partial charge in [0.15, 0.2) is 0 Å². The van der Waals surface area contributed by atoms with E-state index in [0.717, 1.165) is 24.3 Å². The van der Waals surface area contributed by atoms with E-state index in [1.54, 1.807) is 0 Å². The Kier molecular flexibility index (Phi) is 16.8. The van der Waals surface area contributed by atoms with Gasteiger partial charge in [0.05, 0.1) is 29.4 Å². The fourth-order valence-electron chi connectivity index (χ4n) is 3.88. The molecular weight excluding hydrogens is 841 g/mol. The summed E-state index contributed by atoms with van der Waals surface area (Å²) >= 11 is 0. The number of hydrogen-bond donors (Lipinski definition) is 0. The van der Waals surface area contributed by atoms with E-state index < -0.39 is 101 Å². The first kappa shape index (κ1) is 47.6. The van der Waals surface area contributed by atoms with Crippen LogP contribution in [0.5, 0.6) is 0 Å². The monoisotopic (exact) mass is 850 g/mol. The SMILES string of the molecule is O=S(=O)([O-])c1cc2ccccc2c(S(=O)(=O)[O-])c1S(=O)(=O)[O-].O=S(=O)([O-])c1cc2ccccc2c(S(=O)(=O)[O-])c1S(=O)(=O)[O-].[Ca+2].[Ca+2].[Ca+2]. The van der Waals surface area contributed by atoms with Crippen LogP contribution in [0.25, 0.3) is 21.5 Å². The number of hydrogen-bond acceptors (Lipinski definition) is 18. The van der Waals surface area contributed by atoms with Gasteiger partial charge in [0, 0.05) is 10.8 Å². The normalized spacial score (nSPS) is 12.6. The third-order valence-corrected chi connectivity index (χ3v) is 11.3. The standard InChI is InChI=1S/2C10H8O9S3.3Ca/c2*11-20(12,13)8-5-6-3-1-2-4-7(6)9(21(14,15)16)10(8)22(17,18)19;;;/h2*1-5H,(H,11,12,13)(H,14,15,16)(H,17,18,19);;;/q;;3*+2/p-6. The van der Waals surface area contributed by atoms with Gasteiger partial charge in [-0.15, -0.1) is 0 Å². The minimum absolute atomic E-state index is 0. The summed E-state index contributed by atoms with van der Waals surface area (Å²) in [7, 11) is -33.6. The van der Waals surface area contributed by atoms with Gasteiger partial charge in [-0.1, -0.05) is 48.5 Å². The van der Waals surface area contributed by atoms with Gasteiger partial charge in [0.2, 0.25) is 0 Å². The smallest absolute Gasteiger partial charge is 0.744 e. The Morgan fingerprint density at radius 2 is 0.574 bits per heavy atom. The molecule has 27 heteroatoms. The fourth-order valence-corrected chi connectivity index (χ4v) is 10.5. The first-order valence-electron chi connectivity index (χ1n) is 10.5. The van der Waals surface area contributed by atoms with E-state index in [2.05, 4.69) is 0 Å². The largest absolute Gasteiger partial charge is 2.00 e. The second-order valence-corrected chi connectivity index (χ2v) is 16.2. The molecule has 240 valence electrons.